The lowest BCUT2D eigenvalue weighted by Gasteiger charge is -2.26. The van der Waals surface area contributed by atoms with Crippen LogP contribution in [-0.4, -0.2) is 23.8 Å². The molecule has 0 aromatic heterocycles. The van der Waals surface area contributed by atoms with Crippen LogP contribution in [0.15, 0.2) is 18.2 Å². The van der Waals surface area contributed by atoms with Gasteiger partial charge in [0.1, 0.15) is 0 Å². The number of aryl methyl sites for hydroxylation is 2. The molecule has 1 aromatic rings. The lowest BCUT2D eigenvalue weighted by atomic mass is 9.87. The maximum atomic E-state index is 10.6. The minimum Gasteiger partial charge on any atom is -0.389 e. The van der Waals surface area contributed by atoms with Crippen molar-refractivity contribution in [2.75, 3.05) is 13.1 Å². The molecule has 2 nitrogen and oxygen atoms in total. The summed E-state index contributed by atoms with van der Waals surface area (Å²) >= 11 is 0. The molecule has 1 fully saturated rings. The van der Waals surface area contributed by atoms with Gasteiger partial charge in [0.05, 0.1) is 5.60 Å². The van der Waals surface area contributed by atoms with Crippen LogP contribution in [0.5, 0.6) is 0 Å². The third-order valence-corrected chi connectivity index (χ3v) is 3.87. The van der Waals surface area contributed by atoms with Crippen molar-refractivity contribution < 1.29 is 5.11 Å². The Kier molecular flexibility index (Phi) is 3.85. The number of hydrogen-bond acceptors (Lipinski definition) is 2. The van der Waals surface area contributed by atoms with Crippen LogP contribution < -0.4 is 5.32 Å². The molecule has 94 valence electrons. The predicted molar refractivity (Wildman–Crippen MR) is 71.3 cm³/mol. The zero-order valence-electron chi connectivity index (χ0n) is 10.9. The minimum atomic E-state index is -0.509. The zero-order chi connectivity index (χ0) is 12.3. The van der Waals surface area contributed by atoms with Gasteiger partial charge in [0.15, 0.2) is 0 Å². The van der Waals surface area contributed by atoms with Crippen LogP contribution >= 0.6 is 0 Å². The first-order chi connectivity index (χ1) is 8.09. The molecule has 2 rings (SSSR count). The molecule has 0 spiro atoms. The van der Waals surface area contributed by atoms with Crippen LogP contribution in [-0.2, 0) is 6.42 Å². The molecule has 1 aliphatic rings. The molecule has 0 radical (unpaired) electrons. The molecule has 17 heavy (non-hydrogen) atoms. The highest BCUT2D eigenvalue weighted by molar-refractivity contribution is 5.30. The van der Waals surface area contributed by atoms with Gasteiger partial charge in [0, 0.05) is 6.42 Å². The van der Waals surface area contributed by atoms with Gasteiger partial charge in [-0.05, 0) is 62.9 Å². The summed E-state index contributed by atoms with van der Waals surface area (Å²) in [6.45, 7) is 6.23. The molecule has 1 heterocycles. The summed E-state index contributed by atoms with van der Waals surface area (Å²) in [7, 11) is 0. The van der Waals surface area contributed by atoms with Crippen molar-refractivity contribution in [1.29, 1.82) is 0 Å². The third kappa shape index (κ3) is 3.30. The Morgan fingerprint density at radius 1 is 1.18 bits per heavy atom. The van der Waals surface area contributed by atoms with Crippen LogP contribution in [0.4, 0.5) is 0 Å². The van der Waals surface area contributed by atoms with E-state index in [0.29, 0.717) is 0 Å². The number of aliphatic hydroxyl groups is 1. The lowest BCUT2D eigenvalue weighted by molar-refractivity contribution is 0.0284. The summed E-state index contributed by atoms with van der Waals surface area (Å²) < 4.78 is 0. The fourth-order valence-electron chi connectivity index (χ4n) is 2.58. The second-order valence-corrected chi connectivity index (χ2v) is 5.42. The quantitative estimate of drug-likeness (QED) is 0.822. The largest absolute Gasteiger partial charge is 0.389 e. The number of nitrogens with one attached hydrogen (secondary N) is 1. The van der Waals surface area contributed by atoms with Crippen molar-refractivity contribution in [2.24, 2.45) is 0 Å². The lowest BCUT2D eigenvalue weighted by Crippen LogP contribution is -2.32. The fraction of sp³-hybridized carbons (Fsp3) is 0.600. The van der Waals surface area contributed by atoms with Crippen molar-refractivity contribution >= 4 is 0 Å². The maximum Gasteiger partial charge on any atom is 0.0700 e. The number of rotatable bonds is 2. The van der Waals surface area contributed by atoms with Crippen molar-refractivity contribution in [3.05, 3.63) is 34.9 Å². The smallest absolute Gasteiger partial charge is 0.0700 e. The summed E-state index contributed by atoms with van der Waals surface area (Å²) in [4.78, 5) is 0. The average Bonchev–Trinajstić information content (AvgIpc) is 2.49. The maximum absolute atomic E-state index is 10.6. The second kappa shape index (κ2) is 5.19. The Balaban J connectivity index is 2.10. The molecule has 0 aliphatic carbocycles. The Labute approximate surface area is 104 Å². The highest BCUT2D eigenvalue weighted by Crippen LogP contribution is 2.25. The zero-order valence-corrected chi connectivity index (χ0v) is 10.9. The van der Waals surface area contributed by atoms with E-state index in [2.05, 4.69) is 37.4 Å². The van der Waals surface area contributed by atoms with E-state index in [1.165, 1.54) is 16.7 Å². The molecule has 1 aromatic carbocycles. The summed E-state index contributed by atoms with van der Waals surface area (Å²) in [6.07, 6.45) is 3.63. The molecule has 2 N–H and O–H groups in total. The van der Waals surface area contributed by atoms with Crippen molar-refractivity contribution in [2.45, 2.75) is 45.1 Å². The van der Waals surface area contributed by atoms with Gasteiger partial charge in [0.2, 0.25) is 0 Å². The summed E-state index contributed by atoms with van der Waals surface area (Å²) in [5, 5.41) is 14.0. The van der Waals surface area contributed by atoms with Crippen LogP contribution in [0.3, 0.4) is 0 Å². The van der Waals surface area contributed by atoms with Gasteiger partial charge >= 0.3 is 0 Å². The fourth-order valence-corrected chi connectivity index (χ4v) is 2.58. The van der Waals surface area contributed by atoms with Gasteiger partial charge in [-0.15, -0.1) is 0 Å². The van der Waals surface area contributed by atoms with E-state index in [0.717, 1.165) is 38.8 Å². The highest BCUT2D eigenvalue weighted by Gasteiger charge is 2.28. The second-order valence-electron chi connectivity index (χ2n) is 5.42. The van der Waals surface area contributed by atoms with Crippen LogP contribution in [0.25, 0.3) is 0 Å². The van der Waals surface area contributed by atoms with E-state index in [-0.39, 0.29) is 0 Å². The summed E-state index contributed by atoms with van der Waals surface area (Å²) in [5.74, 6) is 0. The van der Waals surface area contributed by atoms with Crippen molar-refractivity contribution in [1.82, 2.24) is 5.32 Å². The molecule has 2 heteroatoms. The third-order valence-electron chi connectivity index (χ3n) is 3.87. The summed E-state index contributed by atoms with van der Waals surface area (Å²) in [6, 6.07) is 6.52. The normalized spacial score (nSPS) is 25.6. The standard InChI is InChI=1S/C15H23NO/c1-12-4-5-14(10-13(12)2)11-15(17)6-3-8-16-9-7-15/h4-5,10,16-17H,3,6-9,11H2,1-2H3. The minimum absolute atomic E-state index is 0.509. The van der Waals surface area contributed by atoms with Gasteiger partial charge in [-0.3, -0.25) is 0 Å². The molecular formula is C15H23NO. The van der Waals surface area contributed by atoms with E-state index in [1.807, 2.05) is 0 Å². The van der Waals surface area contributed by atoms with E-state index in [1.54, 1.807) is 0 Å². The van der Waals surface area contributed by atoms with Crippen LogP contribution in [0.1, 0.15) is 36.0 Å². The van der Waals surface area contributed by atoms with E-state index in [4.69, 9.17) is 0 Å². The Morgan fingerprint density at radius 3 is 2.76 bits per heavy atom. The van der Waals surface area contributed by atoms with E-state index in [9.17, 15) is 5.11 Å². The molecular weight excluding hydrogens is 210 g/mol. The molecule has 1 unspecified atom stereocenters. The van der Waals surface area contributed by atoms with Gasteiger partial charge in [-0.1, -0.05) is 18.2 Å². The van der Waals surface area contributed by atoms with Gasteiger partial charge in [-0.25, -0.2) is 0 Å². The predicted octanol–water partition coefficient (Wildman–Crippen LogP) is 2.35. The number of hydrogen-bond donors (Lipinski definition) is 2. The van der Waals surface area contributed by atoms with Crippen molar-refractivity contribution in [3.63, 3.8) is 0 Å². The first-order valence-electron chi connectivity index (χ1n) is 6.58. The topological polar surface area (TPSA) is 32.3 Å². The Hall–Kier alpha value is -0.860. The van der Waals surface area contributed by atoms with Gasteiger partial charge in [-0.2, -0.15) is 0 Å². The van der Waals surface area contributed by atoms with E-state index >= 15 is 0 Å². The average molecular weight is 233 g/mol. The molecule has 0 saturated carbocycles. The molecule has 0 bridgehead atoms. The van der Waals surface area contributed by atoms with Crippen LogP contribution in [0.2, 0.25) is 0 Å². The molecule has 0 amide bonds. The van der Waals surface area contributed by atoms with Gasteiger partial charge < -0.3 is 10.4 Å². The molecule has 1 atom stereocenters. The SMILES string of the molecule is Cc1ccc(CC2(O)CCCNCC2)cc1C. The molecule has 1 saturated heterocycles. The van der Waals surface area contributed by atoms with Crippen LogP contribution in [0, 0.1) is 13.8 Å². The number of benzene rings is 1. The van der Waals surface area contributed by atoms with Crippen molar-refractivity contribution in [3.8, 4) is 0 Å². The Morgan fingerprint density at radius 2 is 2.00 bits per heavy atom. The first-order valence-corrected chi connectivity index (χ1v) is 6.58. The van der Waals surface area contributed by atoms with E-state index < -0.39 is 5.60 Å². The summed E-state index contributed by atoms with van der Waals surface area (Å²) in [5.41, 5.74) is 3.39. The Bertz CT molecular complexity index is 379. The monoisotopic (exact) mass is 233 g/mol. The first kappa shape index (κ1) is 12.6. The highest BCUT2D eigenvalue weighted by atomic mass is 16.3. The van der Waals surface area contributed by atoms with Gasteiger partial charge in [0.25, 0.3) is 0 Å². The molecule has 1 aliphatic heterocycles.